The number of hydrogen-bond acceptors (Lipinski definition) is 5. The van der Waals surface area contributed by atoms with Crippen LogP contribution in [0.2, 0.25) is 0 Å². The Bertz CT molecular complexity index is 502. The number of hydrogen-bond donors (Lipinski definition) is 2. The molecule has 1 heterocycles. The van der Waals surface area contributed by atoms with E-state index in [0.717, 1.165) is 25.7 Å². The number of amides is 1. The Morgan fingerprint density at radius 3 is 2.52 bits per heavy atom. The maximum atomic E-state index is 12.3. The highest BCUT2D eigenvalue weighted by Gasteiger charge is 2.36. The van der Waals surface area contributed by atoms with Crippen molar-refractivity contribution in [1.82, 2.24) is 9.62 Å². The minimum Gasteiger partial charge on any atom is -0.394 e. The van der Waals surface area contributed by atoms with E-state index in [4.69, 9.17) is 4.74 Å². The van der Waals surface area contributed by atoms with Gasteiger partial charge in [0.25, 0.3) is 0 Å². The molecule has 2 aliphatic rings. The van der Waals surface area contributed by atoms with Crippen molar-refractivity contribution in [3.05, 3.63) is 0 Å². The number of methoxy groups -OCH3 is 1. The van der Waals surface area contributed by atoms with Gasteiger partial charge in [-0.3, -0.25) is 4.79 Å². The molecular weight excluding hydrogens is 320 g/mol. The first-order chi connectivity index (χ1) is 10.8. The van der Waals surface area contributed by atoms with Gasteiger partial charge in [-0.1, -0.05) is 6.92 Å². The van der Waals surface area contributed by atoms with Gasteiger partial charge in [-0.05, 0) is 38.0 Å². The minimum atomic E-state index is -3.65. The van der Waals surface area contributed by atoms with Gasteiger partial charge in [0.05, 0.1) is 18.8 Å². The lowest BCUT2D eigenvalue weighted by Gasteiger charge is -2.27. The van der Waals surface area contributed by atoms with Gasteiger partial charge in [0.1, 0.15) is 5.75 Å². The lowest BCUT2D eigenvalue weighted by molar-refractivity contribution is -0.130. The molecule has 0 radical (unpaired) electrons. The standard InChI is InChI=1S/C15H28N2O5S/c1-11-3-5-12(6-4-11)16-23(20,21)10-15(19)17-8-14(22-2)7-13(17)9-18/h11-14,16,18H,3-10H2,1-2H3/t11?,12?,13-,14+/m0/s1. The van der Waals surface area contributed by atoms with Gasteiger partial charge in [-0.15, -0.1) is 0 Å². The Hall–Kier alpha value is -0.700. The highest BCUT2D eigenvalue weighted by Crippen LogP contribution is 2.24. The first kappa shape index (κ1) is 18.6. The van der Waals surface area contributed by atoms with E-state index >= 15 is 0 Å². The number of carbonyl (C=O) groups is 1. The Labute approximate surface area is 138 Å². The molecule has 2 fully saturated rings. The third-order valence-corrected chi connectivity index (χ3v) is 6.24. The molecule has 0 aromatic carbocycles. The molecule has 1 saturated carbocycles. The molecule has 0 spiro atoms. The maximum Gasteiger partial charge on any atom is 0.239 e. The first-order valence-electron chi connectivity index (χ1n) is 8.27. The van der Waals surface area contributed by atoms with Gasteiger partial charge in [0.2, 0.25) is 15.9 Å². The van der Waals surface area contributed by atoms with E-state index in [9.17, 15) is 18.3 Å². The first-order valence-corrected chi connectivity index (χ1v) is 9.93. The predicted octanol–water partition coefficient (Wildman–Crippen LogP) is 0.0927. The summed E-state index contributed by atoms with van der Waals surface area (Å²) in [5.74, 6) is -0.398. The Balaban J connectivity index is 1.90. The second-order valence-corrected chi connectivity index (χ2v) is 8.56. The molecule has 8 heteroatoms. The third kappa shape index (κ3) is 5.14. The molecule has 0 aromatic heterocycles. The second-order valence-electron chi connectivity index (χ2n) is 6.81. The number of rotatable bonds is 6. The van der Waals surface area contributed by atoms with Crippen LogP contribution in [0.3, 0.4) is 0 Å². The van der Waals surface area contributed by atoms with Gasteiger partial charge < -0.3 is 14.7 Å². The van der Waals surface area contributed by atoms with E-state index in [-0.39, 0.29) is 24.8 Å². The van der Waals surface area contributed by atoms with E-state index < -0.39 is 21.7 Å². The van der Waals surface area contributed by atoms with Gasteiger partial charge in [-0.25, -0.2) is 13.1 Å². The smallest absolute Gasteiger partial charge is 0.239 e. The molecule has 134 valence electrons. The lowest BCUT2D eigenvalue weighted by atomic mass is 9.88. The molecule has 0 bridgehead atoms. The van der Waals surface area contributed by atoms with Gasteiger partial charge in [0, 0.05) is 19.7 Å². The van der Waals surface area contributed by atoms with Crippen LogP contribution in [0.25, 0.3) is 0 Å². The average Bonchev–Trinajstić information content (AvgIpc) is 2.92. The largest absolute Gasteiger partial charge is 0.394 e. The van der Waals surface area contributed by atoms with Crippen LogP contribution in [0.1, 0.15) is 39.0 Å². The zero-order valence-electron chi connectivity index (χ0n) is 13.9. The quantitative estimate of drug-likeness (QED) is 0.709. The van der Waals surface area contributed by atoms with Gasteiger partial charge in [-0.2, -0.15) is 0 Å². The number of aliphatic hydroxyl groups excluding tert-OH is 1. The summed E-state index contributed by atoms with van der Waals surface area (Å²) in [4.78, 5) is 13.8. The summed E-state index contributed by atoms with van der Waals surface area (Å²) in [5, 5.41) is 9.37. The molecule has 0 unspecified atom stereocenters. The van der Waals surface area contributed by atoms with Crippen LogP contribution in [0.5, 0.6) is 0 Å². The van der Waals surface area contributed by atoms with E-state index in [1.165, 1.54) is 4.90 Å². The van der Waals surface area contributed by atoms with Crippen LogP contribution in [-0.2, 0) is 19.6 Å². The Kier molecular flexibility index (Phi) is 6.41. The number of nitrogens with one attached hydrogen (secondary N) is 1. The zero-order chi connectivity index (χ0) is 17.0. The predicted molar refractivity (Wildman–Crippen MR) is 86.3 cm³/mol. The van der Waals surface area contributed by atoms with Crippen molar-refractivity contribution in [2.24, 2.45) is 5.92 Å². The number of carbonyl (C=O) groups excluding carboxylic acids is 1. The Morgan fingerprint density at radius 2 is 1.96 bits per heavy atom. The fourth-order valence-corrected chi connectivity index (χ4v) is 4.76. The van der Waals surface area contributed by atoms with Crippen molar-refractivity contribution < 1.29 is 23.1 Å². The van der Waals surface area contributed by atoms with Gasteiger partial charge in [0.15, 0.2) is 0 Å². The van der Waals surface area contributed by atoms with Crippen molar-refractivity contribution >= 4 is 15.9 Å². The fourth-order valence-electron chi connectivity index (χ4n) is 3.44. The summed E-state index contributed by atoms with van der Waals surface area (Å²) in [5.41, 5.74) is 0. The second kappa shape index (κ2) is 7.92. The fraction of sp³-hybridized carbons (Fsp3) is 0.933. The topological polar surface area (TPSA) is 95.9 Å². The minimum absolute atomic E-state index is 0.0667. The highest BCUT2D eigenvalue weighted by molar-refractivity contribution is 7.90. The van der Waals surface area contributed by atoms with Crippen molar-refractivity contribution in [2.45, 2.75) is 57.2 Å². The van der Waals surface area contributed by atoms with Gasteiger partial charge >= 0.3 is 0 Å². The summed E-state index contributed by atoms with van der Waals surface area (Å²) in [6, 6.07) is -0.430. The number of likely N-dealkylation sites (tertiary alicyclic amines) is 1. The summed E-state index contributed by atoms with van der Waals surface area (Å²) < 4.78 is 32.4. The van der Waals surface area contributed by atoms with Crippen LogP contribution in [0.4, 0.5) is 0 Å². The molecule has 23 heavy (non-hydrogen) atoms. The Morgan fingerprint density at radius 1 is 1.30 bits per heavy atom. The molecular formula is C15H28N2O5S. The van der Waals surface area contributed by atoms with E-state index in [1.54, 1.807) is 7.11 Å². The molecule has 2 atom stereocenters. The molecule has 1 aliphatic carbocycles. The molecule has 7 nitrogen and oxygen atoms in total. The van der Waals surface area contributed by atoms with E-state index in [0.29, 0.717) is 18.9 Å². The summed E-state index contributed by atoms with van der Waals surface area (Å²) in [6.07, 6.45) is 4.05. The zero-order valence-corrected chi connectivity index (χ0v) is 14.7. The lowest BCUT2D eigenvalue weighted by Crippen LogP contribution is -2.46. The molecule has 0 aromatic rings. The summed E-state index contributed by atoms with van der Waals surface area (Å²) >= 11 is 0. The molecule has 2 N–H and O–H groups in total. The van der Waals surface area contributed by atoms with Crippen LogP contribution in [-0.4, -0.2) is 68.5 Å². The highest BCUT2D eigenvalue weighted by atomic mass is 32.2. The number of nitrogens with zero attached hydrogens (tertiary/aromatic N) is 1. The van der Waals surface area contributed by atoms with Crippen molar-refractivity contribution in [3.63, 3.8) is 0 Å². The monoisotopic (exact) mass is 348 g/mol. The average molecular weight is 348 g/mol. The molecule has 1 aliphatic heterocycles. The number of aliphatic hydroxyl groups is 1. The van der Waals surface area contributed by atoms with Crippen molar-refractivity contribution in [3.8, 4) is 0 Å². The molecule has 1 saturated heterocycles. The van der Waals surface area contributed by atoms with E-state index in [2.05, 4.69) is 11.6 Å². The van der Waals surface area contributed by atoms with E-state index in [1.807, 2.05) is 0 Å². The molecule has 2 rings (SSSR count). The van der Waals surface area contributed by atoms with Crippen molar-refractivity contribution in [2.75, 3.05) is 26.0 Å². The summed E-state index contributed by atoms with van der Waals surface area (Å²) in [7, 11) is -2.10. The van der Waals surface area contributed by atoms with Crippen LogP contribution in [0.15, 0.2) is 0 Å². The summed E-state index contributed by atoms with van der Waals surface area (Å²) in [6.45, 7) is 2.32. The van der Waals surface area contributed by atoms with Crippen molar-refractivity contribution in [1.29, 1.82) is 0 Å². The van der Waals surface area contributed by atoms with Crippen LogP contribution >= 0.6 is 0 Å². The third-order valence-electron chi connectivity index (χ3n) is 4.92. The van der Waals surface area contributed by atoms with Crippen LogP contribution in [0, 0.1) is 5.92 Å². The normalized spacial score (nSPS) is 32.2. The molecule has 1 amide bonds. The maximum absolute atomic E-state index is 12.3. The van der Waals surface area contributed by atoms with Crippen LogP contribution < -0.4 is 4.72 Å². The number of sulfonamides is 1. The number of ether oxygens (including phenoxy) is 1. The SMILES string of the molecule is CO[C@@H]1C[C@@H](CO)N(C(=O)CS(=O)(=O)NC2CCC(C)CC2)C1.